The lowest BCUT2D eigenvalue weighted by Gasteiger charge is -2.14. The van der Waals surface area contributed by atoms with E-state index in [0.29, 0.717) is 16.7 Å². The van der Waals surface area contributed by atoms with Gasteiger partial charge in [0.25, 0.3) is 0 Å². The summed E-state index contributed by atoms with van der Waals surface area (Å²) in [5.74, 6) is -1.25. The Morgan fingerprint density at radius 1 is 1.00 bits per heavy atom. The van der Waals surface area contributed by atoms with Gasteiger partial charge < -0.3 is 13.7 Å². The molecular weight excluding hydrogens is 389 g/mol. The van der Waals surface area contributed by atoms with Crippen molar-refractivity contribution in [1.82, 2.24) is 0 Å². The first kappa shape index (κ1) is 20.6. The zero-order chi connectivity index (χ0) is 20.2. The lowest BCUT2D eigenvalue weighted by atomic mass is 10.0. The monoisotopic (exact) mass is 404 g/mol. The highest BCUT2D eigenvalue weighted by Crippen LogP contribution is 2.36. The number of methoxy groups -OCH3 is 2. The van der Waals surface area contributed by atoms with E-state index in [1.54, 1.807) is 24.3 Å². The molecule has 0 saturated heterocycles. The fraction of sp³-hybridized carbons (Fsp3) is 0.235. The quantitative estimate of drug-likeness (QED) is 0.418. The molecule has 0 unspecified atom stereocenters. The molecule has 2 rings (SSSR count). The SMILES string of the molecule is COC(=O)Cc1cccc(-c2ccc(OC)c(OS(=O)(=O)C(F)(F)F)c2)c1. The van der Waals surface area contributed by atoms with Gasteiger partial charge in [0.1, 0.15) is 0 Å². The molecule has 0 bridgehead atoms. The summed E-state index contributed by atoms with van der Waals surface area (Å²) < 4.78 is 74.0. The second kappa shape index (κ2) is 7.87. The van der Waals surface area contributed by atoms with Gasteiger partial charge in [-0.05, 0) is 28.8 Å². The predicted molar refractivity (Wildman–Crippen MR) is 89.8 cm³/mol. The second-order valence-corrected chi connectivity index (χ2v) is 6.84. The Balaban J connectivity index is 2.43. The average Bonchev–Trinajstić information content (AvgIpc) is 2.60. The van der Waals surface area contributed by atoms with Gasteiger partial charge in [0, 0.05) is 0 Å². The summed E-state index contributed by atoms with van der Waals surface area (Å²) in [6.07, 6.45) is 0.00625. The predicted octanol–water partition coefficient (Wildman–Crippen LogP) is 3.31. The topological polar surface area (TPSA) is 78.9 Å². The lowest BCUT2D eigenvalue weighted by molar-refractivity contribution is -0.139. The number of benzene rings is 2. The van der Waals surface area contributed by atoms with Crippen molar-refractivity contribution in [2.24, 2.45) is 0 Å². The molecule has 2 aromatic carbocycles. The van der Waals surface area contributed by atoms with Gasteiger partial charge in [-0.2, -0.15) is 21.6 Å². The lowest BCUT2D eigenvalue weighted by Crippen LogP contribution is -2.28. The third-order valence-electron chi connectivity index (χ3n) is 3.48. The number of ether oxygens (including phenoxy) is 2. The molecule has 0 aliphatic heterocycles. The van der Waals surface area contributed by atoms with Crippen LogP contribution in [0.5, 0.6) is 11.5 Å². The van der Waals surface area contributed by atoms with Crippen LogP contribution in [0, 0.1) is 0 Å². The van der Waals surface area contributed by atoms with Crippen molar-refractivity contribution in [1.29, 1.82) is 0 Å². The van der Waals surface area contributed by atoms with Crippen molar-refractivity contribution < 1.29 is 40.0 Å². The van der Waals surface area contributed by atoms with E-state index in [9.17, 15) is 26.4 Å². The van der Waals surface area contributed by atoms with Gasteiger partial charge in [0.15, 0.2) is 11.5 Å². The Kier molecular flexibility index (Phi) is 5.99. The number of carbonyl (C=O) groups excluding carboxylic acids is 1. The number of alkyl halides is 3. The number of halogens is 3. The first-order chi connectivity index (χ1) is 12.6. The van der Waals surface area contributed by atoms with E-state index in [-0.39, 0.29) is 12.2 Å². The molecule has 0 heterocycles. The summed E-state index contributed by atoms with van der Waals surface area (Å²) in [6, 6.07) is 10.5. The van der Waals surface area contributed by atoms with E-state index in [1.165, 1.54) is 26.4 Å². The Morgan fingerprint density at radius 2 is 1.67 bits per heavy atom. The van der Waals surface area contributed by atoms with Gasteiger partial charge in [-0.15, -0.1) is 0 Å². The van der Waals surface area contributed by atoms with Crippen LogP contribution < -0.4 is 8.92 Å². The van der Waals surface area contributed by atoms with E-state index >= 15 is 0 Å². The largest absolute Gasteiger partial charge is 0.534 e. The third-order valence-corrected chi connectivity index (χ3v) is 4.45. The van der Waals surface area contributed by atoms with Gasteiger partial charge in [-0.3, -0.25) is 4.79 Å². The van der Waals surface area contributed by atoms with Crippen LogP contribution >= 0.6 is 0 Å². The van der Waals surface area contributed by atoms with Gasteiger partial charge >= 0.3 is 21.6 Å². The summed E-state index contributed by atoms with van der Waals surface area (Å²) in [4.78, 5) is 11.4. The zero-order valence-corrected chi connectivity index (χ0v) is 15.1. The van der Waals surface area contributed by atoms with Crippen LogP contribution in [0.15, 0.2) is 42.5 Å². The van der Waals surface area contributed by atoms with Gasteiger partial charge in [-0.25, -0.2) is 0 Å². The number of rotatable bonds is 6. The number of hydrogen-bond acceptors (Lipinski definition) is 6. The van der Waals surface area contributed by atoms with Crippen molar-refractivity contribution in [2.75, 3.05) is 14.2 Å². The van der Waals surface area contributed by atoms with Crippen molar-refractivity contribution in [3.8, 4) is 22.6 Å². The molecule has 2 aromatic rings. The van der Waals surface area contributed by atoms with Crippen LogP contribution in [0.25, 0.3) is 11.1 Å². The fourth-order valence-electron chi connectivity index (χ4n) is 2.19. The number of carbonyl (C=O) groups is 1. The molecule has 0 aliphatic rings. The Morgan fingerprint density at radius 3 is 2.26 bits per heavy atom. The molecule has 27 heavy (non-hydrogen) atoms. The van der Waals surface area contributed by atoms with E-state index < -0.39 is 27.3 Å². The molecule has 0 amide bonds. The summed E-state index contributed by atoms with van der Waals surface area (Å²) in [6.45, 7) is 0. The van der Waals surface area contributed by atoms with E-state index in [2.05, 4.69) is 8.92 Å². The minimum absolute atomic E-state index is 0.00625. The molecule has 0 atom stereocenters. The van der Waals surface area contributed by atoms with Crippen molar-refractivity contribution in [3.63, 3.8) is 0 Å². The van der Waals surface area contributed by atoms with Crippen molar-refractivity contribution in [3.05, 3.63) is 48.0 Å². The van der Waals surface area contributed by atoms with Crippen LogP contribution in [0.1, 0.15) is 5.56 Å². The van der Waals surface area contributed by atoms with Crippen LogP contribution in [0.4, 0.5) is 13.2 Å². The molecule has 0 N–H and O–H groups in total. The number of esters is 1. The minimum Gasteiger partial charge on any atom is -0.493 e. The molecule has 0 fully saturated rings. The maximum absolute atomic E-state index is 12.6. The molecule has 146 valence electrons. The Hall–Kier alpha value is -2.75. The van der Waals surface area contributed by atoms with E-state index in [1.807, 2.05) is 0 Å². The molecule has 0 spiro atoms. The van der Waals surface area contributed by atoms with E-state index in [0.717, 1.165) is 6.07 Å². The third kappa shape index (κ3) is 4.91. The highest BCUT2D eigenvalue weighted by atomic mass is 32.2. The van der Waals surface area contributed by atoms with Gasteiger partial charge in [-0.1, -0.05) is 30.3 Å². The first-order valence-electron chi connectivity index (χ1n) is 7.42. The summed E-state index contributed by atoms with van der Waals surface area (Å²) in [5.41, 5.74) is -4.06. The summed E-state index contributed by atoms with van der Waals surface area (Å²) in [5, 5.41) is 0. The van der Waals surface area contributed by atoms with Crippen LogP contribution in [-0.4, -0.2) is 34.1 Å². The highest BCUT2D eigenvalue weighted by molar-refractivity contribution is 7.88. The Bertz CT molecular complexity index is 938. The van der Waals surface area contributed by atoms with Gasteiger partial charge in [0.2, 0.25) is 0 Å². The van der Waals surface area contributed by atoms with Crippen LogP contribution in [0.2, 0.25) is 0 Å². The van der Waals surface area contributed by atoms with Crippen molar-refractivity contribution in [2.45, 2.75) is 11.9 Å². The van der Waals surface area contributed by atoms with Crippen LogP contribution in [-0.2, 0) is 26.1 Å². The van der Waals surface area contributed by atoms with Crippen molar-refractivity contribution >= 4 is 16.1 Å². The molecule has 0 aromatic heterocycles. The molecule has 10 heteroatoms. The smallest absolute Gasteiger partial charge is 0.493 e. The molecule has 0 aliphatic carbocycles. The summed E-state index contributed by atoms with van der Waals surface area (Å²) in [7, 11) is -3.43. The minimum atomic E-state index is -5.85. The van der Waals surface area contributed by atoms with E-state index in [4.69, 9.17) is 4.74 Å². The van der Waals surface area contributed by atoms with Gasteiger partial charge in [0.05, 0.1) is 20.6 Å². The summed E-state index contributed by atoms with van der Waals surface area (Å²) >= 11 is 0. The maximum Gasteiger partial charge on any atom is 0.534 e. The molecule has 6 nitrogen and oxygen atoms in total. The highest BCUT2D eigenvalue weighted by Gasteiger charge is 2.49. The van der Waals surface area contributed by atoms with Crippen LogP contribution in [0.3, 0.4) is 0 Å². The Labute approximate surface area is 153 Å². The standard InChI is InChI=1S/C17H15F3O6S/c1-24-14-7-6-13(10-15(14)26-27(22,23)17(18,19)20)12-5-3-4-11(8-12)9-16(21)25-2/h3-8,10H,9H2,1-2H3. The molecule has 0 saturated carbocycles. The second-order valence-electron chi connectivity index (χ2n) is 5.30. The normalized spacial score (nSPS) is 11.7. The fourth-order valence-corrected chi connectivity index (χ4v) is 2.65. The number of hydrogen-bond donors (Lipinski definition) is 0. The zero-order valence-electron chi connectivity index (χ0n) is 14.2. The molecular formula is C17H15F3O6S. The first-order valence-corrected chi connectivity index (χ1v) is 8.83. The average molecular weight is 404 g/mol. The maximum atomic E-state index is 12.6. The molecule has 0 radical (unpaired) electrons.